The lowest BCUT2D eigenvalue weighted by Gasteiger charge is -2.24. The standard InChI is InChI=1S/C18H21N5O4/c1-18(2,3)27-17(26)23-9-8-22(16(24)25)15(23)21-14-6-4-12(5-7-14)13-10-19-20-11-13/h4-7,10-11H,8-9H2,1-3H3,(H,19,20)(H,24,25). The molecular formula is C18H21N5O4. The molecule has 1 saturated heterocycles. The molecule has 1 aromatic carbocycles. The molecule has 1 aromatic heterocycles. The van der Waals surface area contributed by atoms with Crippen molar-refractivity contribution in [2.24, 2.45) is 4.99 Å². The van der Waals surface area contributed by atoms with Crippen LogP contribution < -0.4 is 0 Å². The van der Waals surface area contributed by atoms with Crippen LogP contribution in [0.5, 0.6) is 0 Å². The van der Waals surface area contributed by atoms with E-state index in [0.29, 0.717) is 5.69 Å². The fourth-order valence-electron chi connectivity index (χ4n) is 2.59. The first-order valence-electron chi connectivity index (χ1n) is 8.43. The predicted molar refractivity (Wildman–Crippen MR) is 98.8 cm³/mol. The molecule has 2 aromatic rings. The topological polar surface area (TPSA) is 111 Å². The van der Waals surface area contributed by atoms with Gasteiger partial charge in [0.2, 0.25) is 5.96 Å². The number of nitrogens with zero attached hydrogens (tertiary/aromatic N) is 4. The Morgan fingerprint density at radius 3 is 2.37 bits per heavy atom. The molecule has 9 nitrogen and oxygen atoms in total. The molecule has 142 valence electrons. The Bertz CT molecular complexity index is 853. The number of rotatable bonds is 2. The third-order valence-electron chi connectivity index (χ3n) is 3.80. The molecule has 9 heteroatoms. The maximum atomic E-state index is 12.4. The summed E-state index contributed by atoms with van der Waals surface area (Å²) < 4.78 is 5.36. The first-order chi connectivity index (χ1) is 12.7. The first kappa shape index (κ1) is 18.4. The molecule has 0 atom stereocenters. The van der Waals surface area contributed by atoms with Crippen molar-refractivity contribution in [2.45, 2.75) is 26.4 Å². The van der Waals surface area contributed by atoms with Gasteiger partial charge in [0.15, 0.2) is 0 Å². The van der Waals surface area contributed by atoms with Crippen LogP contribution in [0.15, 0.2) is 41.7 Å². The normalized spacial score (nSPS) is 16.0. The summed E-state index contributed by atoms with van der Waals surface area (Å²) in [6.45, 7) is 5.58. The zero-order valence-electron chi connectivity index (χ0n) is 15.3. The number of guanidine groups is 1. The van der Waals surface area contributed by atoms with Crippen LogP contribution in [-0.2, 0) is 4.74 Å². The van der Waals surface area contributed by atoms with Crippen molar-refractivity contribution < 1.29 is 19.4 Å². The van der Waals surface area contributed by atoms with Gasteiger partial charge in [0.1, 0.15) is 5.60 Å². The molecule has 1 fully saturated rings. The lowest BCUT2D eigenvalue weighted by molar-refractivity contribution is 0.0385. The second-order valence-electron chi connectivity index (χ2n) is 7.01. The van der Waals surface area contributed by atoms with E-state index in [2.05, 4.69) is 15.2 Å². The summed E-state index contributed by atoms with van der Waals surface area (Å²) in [6, 6.07) is 7.20. The maximum Gasteiger partial charge on any atom is 0.417 e. The van der Waals surface area contributed by atoms with Gasteiger partial charge in [-0.05, 0) is 38.5 Å². The van der Waals surface area contributed by atoms with Crippen LogP contribution in [0.3, 0.4) is 0 Å². The van der Waals surface area contributed by atoms with Gasteiger partial charge in [-0.1, -0.05) is 12.1 Å². The van der Waals surface area contributed by atoms with E-state index in [1.54, 1.807) is 45.3 Å². The average molecular weight is 371 g/mol. The molecule has 0 aliphatic carbocycles. The van der Waals surface area contributed by atoms with Crippen LogP contribution in [0.1, 0.15) is 20.8 Å². The molecule has 0 bridgehead atoms. The Labute approximate surface area is 156 Å². The average Bonchev–Trinajstić information content (AvgIpc) is 3.23. The highest BCUT2D eigenvalue weighted by Crippen LogP contribution is 2.24. The van der Waals surface area contributed by atoms with Gasteiger partial charge in [-0.15, -0.1) is 0 Å². The monoisotopic (exact) mass is 371 g/mol. The summed E-state index contributed by atoms with van der Waals surface area (Å²) in [6.07, 6.45) is 1.68. The highest BCUT2D eigenvalue weighted by Gasteiger charge is 2.37. The van der Waals surface area contributed by atoms with Crippen molar-refractivity contribution in [3.63, 3.8) is 0 Å². The lowest BCUT2D eigenvalue weighted by Crippen LogP contribution is -2.42. The van der Waals surface area contributed by atoms with Gasteiger partial charge in [-0.25, -0.2) is 24.4 Å². The maximum absolute atomic E-state index is 12.4. The van der Waals surface area contributed by atoms with Gasteiger partial charge in [0.25, 0.3) is 0 Å². The van der Waals surface area contributed by atoms with E-state index >= 15 is 0 Å². The van der Waals surface area contributed by atoms with Crippen LogP contribution >= 0.6 is 0 Å². The number of hydrogen-bond donors (Lipinski definition) is 2. The van der Waals surface area contributed by atoms with Crippen LogP contribution in [0.25, 0.3) is 11.1 Å². The van der Waals surface area contributed by atoms with Gasteiger partial charge in [-0.3, -0.25) is 5.10 Å². The van der Waals surface area contributed by atoms with Crippen molar-refractivity contribution in [1.29, 1.82) is 0 Å². The van der Waals surface area contributed by atoms with Crippen LogP contribution in [0.4, 0.5) is 15.3 Å². The molecule has 2 heterocycles. The minimum Gasteiger partial charge on any atom is -0.465 e. The fraction of sp³-hybridized carbons (Fsp3) is 0.333. The Morgan fingerprint density at radius 2 is 1.81 bits per heavy atom. The summed E-state index contributed by atoms with van der Waals surface area (Å²) in [5.74, 6) is 0.0350. The minimum absolute atomic E-state index is 0.0350. The third-order valence-corrected chi connectivity index (χ3v) is 3.80. The van der Waals surface area contributed by atoms with Crippen LogP contribution in [0.2, 0.25) is 0 Å². The molecule has 0 spiro atoms. The smallest absolute Gasteiger partial charge is 0.417 e. The number of ether oxygens (including phenoxy) is 1. The van der Waals surface area contributed by atoms with Crippen molar-refractivity contribution in [3.05, 3.63) is 36.7 Å². The fourth-order valence-corrected chi connectivity index (χ4v) is 2.59. The number of nitrogens with one attached hydrogen (secondary N) is 1. The molecule has 2 amide bonds. The van der Waals surface area contributed by atoms with Crippen molar-refractivity contribution in [2.75, 3.05) is 13.1 Å². The zero-order valence-corrected chi connectivity index (χ0v) is 15.3. The van der Waals surface area contributed by atoms with Gasteiger partial charge in [-0.2, -0.15) is 5.10 Å². The number of amides is 2. The second kappa shape index (κ2) is 7.10. The molecule has 1 aliphatic heterocycles. The molecule has 1 aliphatic rings. The number of hydrogen-bond acceptors (Lipinski definition) is 5. The number of aromatic amines is 1. The molecule has 0 saturated carbocycles. The van der Waals surface area contributed by atoms with Crippen molar-refractivity contribution in [3.8, 4) is 11.1 Å². The van der Waals surface area contributed by atoms with E-state index in [9.17, 15) is 14.7 Å². The number of benzene rings is 1. The van der Waals surface area contributed by atoms with E-state index in [1.165, 1.54) is 4.90 Å². The highest BCUT2D eigenvalue weighted by molar-refractivity contribution is 6.03. The quantitative estimate of drug-likeness (QED) is 0.841. The molecule has 0 radical (unpaired) electrons. The largest absolute Gasteiger partial charge is 0.465 e. The number of carbonyl (C=O) groups is 2. The minimum atomic E-state index is -1.17. The predicted octanol–water partition coefficient (Wildman–Crippen LogP) is 3.29. The van der Waals surface area contributed by atoms with Crippen LogP contribution in [-0.4, -0.2) is 61.9 Å². The van der Waals surface area contributed by atoms with E-state index < -0.39 is 17.8 Å². The molecule has 3 rings (SSSR count). The molecule has 0 unspecified atom stereocenters. The summed E-state index contributed by atoms with van der Waals surface area (Å²) in [5.41, 5.74) is 1.71. The molecule has 2 N–H and O–H groups in total. The summed E-state index contributed by atoms with van der Waals surface area (Å²) in [5, 5.41) is 16.1. The van der Waals surface area contributed by atoms with Crippen LogP contribution in [0, 0.1) is 0 Å². The first-order valence-corrected chi connectivity index (χ1v) is 8.43. The summed E-state index contributed by atoms with van der Waals surface area (Å²) >= 11 is 0. The highest BCUT2D eigenvalue weighted by atomic mass is 16.6. The van der Waals surface area contributed by atoms with Crippen molar-refractivity contribution in [1.82, 2.24) is 20.0 Å². The number of carbonyl (C=O) groups excluding carboxylic acids is 1. The second-order valence-corrected chi connectivity index (χ2v) is 7.01. The van der Waals surface area contributed by atoms with E-state index in [4.69, 9.17) is 4.74 Å². The van der Waals surface area contributed by atoms with Gasteiger partial charge in [0.05, 0.1) is 25.0 Å². The Hall–Kier alpha value is -3.36. The van der Waals surface area contributed by atoms with E-state index in [0.717, 1.165) is 16.0 Å². The third kappa shape index (κ3) is 4.25. The Morgan fingerprint density at radius 1 is 1.15 bits per heavy atom. The van der Waals surface area contributed by atoms with Crippen molar-refractivity contribution >= 4 is 23.8 Å². The Kier molecular flexibility index (Phi) is 4.85. The number of aromatic nitrogens is 2. The number of carboxylic acid groups (broad SMARTS) is 1. The van der Waals surface area contributed by atoms with Gasteiger partial charge in [0, 0.05) is 11.8 Å². The molecular weight excluding hydrogens is 350 g/mol. The Balaban J connectivity index is 1.88. The van der Waals surface area contributed by atoms with Gasteiger partial charge < -0.3 is 9.84 Å². The number of aliphatic imine (C=N–C) groups is 1. The van der Waals surface area contributed by atoms with E-state index in [1.807, 2.05) is 12.1 Å². The lowest BCUT2D eigenvalue weighted by atomic mass is 10.1. The zero-order chi connectivity index (χ0) is 19.6. The van der Waals surface area contributed by atoms with Gasteiger partial charge >= 0.3 is 12.2 Å². The number of H-pyrrole nitrogens is 1. The van der Waals surface area contributed by atoms with E-state index in [-0.39, 0.29) is 19.0 Å². The summed E-state index contributed by atoms with van der Waals surface area (Å²) in [4.78, 5) is 30.6. The molecule has 27 heavy (non-hydrogen) atoms. The summed E-state index contributed by atoms with van der Waals surface area (Å²) in [7, 11) is 0. The SMILES string of the molecule is CC(C)(C)OC(=O)N1CCN(C(=O)O)C1=Nc1ccc(-c2cn[nH]c2)cc1.